The van der Waals surface area contributed by atoms with Gasteiger partial charge in [0.15, 0.2) is 0 Å². The highest BCUT2D eigenvalue weighted by molar-refractivity contribution is 5.73. The Morgan fingerprint density at radius 1 is 1.50 bits per heavy atom. The zero-order valence-electron chi connectivity index (χ0n) is 8.83. The van der Waals surface area contributed by atoms with Crippen LogP contribution < -0.4 is 5.32 Å². The normalized spacial score (nSPS) is 29.1. The molecular formula is C10H17NO3. The average molecular weight is 199 g/mol. The van der Waals surface area contributed by atoms with Gasteiger partial charge >= 0.3 is 5.97 Å². The fraction of sp³-hybridized carbons (Fsp3) is 0.800. The van der Waals surface area contributed by atoms with E-state index in [1.165, 1.54) is 6.92 Å². The van der Waals surface area contributed by atoms with E-state index in [4.69, 9.17) is 5.11 Å². The maximum atomic E-state index is 10.8. The summed E-state index contributed by atoms with van der Waals surface area (Å²) in [4.78, 5) is 21.4. The van der Waals surface area contributed by atoms with E-state index in [-0.39, 0.29) is 29.7 Å². The molecule has 2 N–H and O–H groups in total. The van der Waals surface area contributed by atoms with E-state index in [0.29, 0.717) is 0 Å². The van der Waals surface area contributed by atoms with Gasteiger partial charge in [-0.2, -0.15) is 0 Å². The molecule has 4 heteroatoms. The van der Waals surface area contributed by atoms with Crippen LogP contribution in [-0.2, 0) is 9.59 Å². The van der Waals surface area contributed by atoms with E-state index in [1.54, 1.807) is 0 Å². The van der Waals surface area contributed by atoms with Crippen LogP contribution in [0, 0.1) is 11.3 Å². The molecule has 0 unspecified atom stereocenters. The monoisotopic (exact) mass is 199 g/mol. The summed E-state index contributed by atoms with van der Waals surface area (Å²) in [5.41, 5.74) is -0.0932. The molecule has 1 aliphatic rings. The first-order valence-corrected chi connectivity index (χ1v) is 4.83. The van der Waals surface area contributed by atoms with Crippen LogP contribution >= 0.6 is 0 Å². The topological polar surface area (TPSA) is 66.4 Å². The van der Waals surface area contributed by atoms with Crippen molar-refractivity contribution < 1.29 is 14.7 Å². The van der Waals surface area contributed by atoms with Crippen molar-refractivity contribution in [2.45, 2.75) is 39.7 Å². The predicted octanol–water partition coefficient (Wildman–Crippen LogP) is 1.01. The smallest absolute Gasteiger partial charge is 0.303 e. The summed E-state index contributed by atoms with van der Waals surface area (Å²) in [5, 5.41) is 11.5. The standard InChI is InChI=1S/C10H17NO3/c1-6(12)11-8-4-7(5-9(13)14)10(8,2)3/h7-8H,4-5H2,1-3H3,(H,11,12)(H,13,14)/t7-,8-/m0/s1. The molecule has 0 spiro atoms. The number of aliphatic carboxylic acids is 1. The van der Waals surface area contributed by atoms with Crippen LogP contribution in [0.5, 0.6) is 0 Å². The number of carbonyl (C=O) groups is 2. The van der Waals surface area contributed by atoms with Gasteiger partial charge in [0.1, 0.15) is 0 Å². The van der Waals surface area contributed by atoms with Gasteiger partial charge in [-0.1, -0.05) is 13.8 Å². The first-order chi connectivity index (χ1) is 6.34. The summed E-state index contributed by atoms with van der Waals surface area (Å²) in [6, 6.07) is 0.129. The summed E-state index contributed by atoms with van der Waals surface area (Å²) in [7, 11) is 0. The summed E-state index contributed by atoms with van der Waals surface area (Å²) in [5.74, 6) is -0.627. The number of rotatable bonds is 3. The third-order valence-corrected chi connectivity index (χ3v) is 3.27. The van der Waals surface area contributed by atoms with Crippen molar-refractivity contribution >= 4 is 11.9 Å². The summed E-state index contributed by atoms with van der Waals surface area (Å²) in [6.45, 7) is 5.50. The molecule has 0 saturated heterocycles. The zero-order chi connectivity index (χ0) is 10.9. The molecule has 0 bridgehead atoms. The lowest BCUT2D eigenvalue weighted by Crippen LogP contribution is -2.58. The van der Waals surface area contributed by atoms with Crippen molar-refractivity contribution in [1.82, 2.24) is 5.32 Å². The molecule has 1 fully saturated rings. The first-order valence-electron chi connectivity index (χ1n) is 4.83. The lowest BCUT2D eigenvalue weighted by atomic mass is 9.57. The van der Waals surface area contributed by atoms with Crippen LogP contribution in [0.3, 0.4) is 0 Å². The molecule has 1 saturated carbocycles. The third-order valence-electron chi connectivity index (χ3n) is 3.27. The van der Waals surface area contributed by atoms with E-state index in [1.807, 2.05) is 13.8 Å². The SMILES string of the molecule is CC(=O)N[C@H]1C[C@@H](CC(=O)O)C1(C)C. The molecule has 1 aliphatic carbocycles. The number of nitrogens with one attached hydrogen (secondary N) is 1. The van der Waals surface area contributed by atoms with Crippen molar-refractivity contribution in [3.63, 3.8) is 0 Å². The molecule has 80 valence electrons. The summed E-state index contributed by atoms with van der Waals surface area (Å²) >= 11 is 0. The predicted molar refractivity (Wildman–Crippen MR) is 51.7 cm³/mol. The van der Waals surface area contributed by atoms with E-state index in [9.17, 15) is 9.59 Å². The molecule has 0 aromatic heterocycles. The molecule has 0 aromatic rings. The molecule has 0 radical (unpaired) electrons. The van der Waals surface area contributed by atoms with Crippen molar-refractivity contribution in [2.24, 2.45) is 11.3 Å². The molecule has 2 atom stereocenters. The minimum absolute atomic E-state index is 0.0446. The van der Waals surface area contributed by atoms with Gasteiger partial charge in [0.05, 0.1) is 0 Å². The number of carboxylic acid groups (broad SMARTS) is 1. The van der Waals surface area contributed by atoms with Gasteiger partial charge in [0.2, 0.25) is 5.91 Å². The second-order valence-corrected chi connectivity index (χ2v) is 4.60. The minimum atomic E-state index is -0.760. The van der Waals surface area contributed by atoms with Crippen molar-refractivity contribution in [2.75, 3.05) is 0 Å². The second-order valence-electron chi connectivity index (χ2n) is 4.60. The molecule has 1 amide bonds. The number of carbonyl (C=O) groups excluding carboxylic acids is 1. The van der Waals surface area contributed by atoms with Gasteiger partial charge in [-0.3, -0.25) is 9.59 Å². The van der Waals surface area contributed by atoms with Crippen molar-refractivity contribution in [3.05, 3.63) is 0 Å². The fourth-order valence-corrected chi connectivity index (χ4v) is 2.06. The fourth-order valence-electron chi connectivity index (χ4n) is 2.06. The van der Waals surface area contributed by atoms with Gasteiger partial charge < -0.3 is 10.4 Å². The number of amides is 1. The largest absolute Gasteiger partial charge is 0.481 e. The quantitative estimate of drug-likeness (QED) is 0.713. The van der Waals surface area contributed by atoms with Crippen LogP contribution in [0.4, 0.5) is 0 Å². The Labute approximate surface area is 83.7 Å². The van der Waals surface area contributed by atoms with Crippen LogP contribution in [0.2, 0.25) is 0 Å². The third kappa shape index (κ3) is 2.05. The summed E-state index contributed by atoms with van der Waals surface area (Å²) in [6.07, 6.45) is 0.974. The van der Waals surface area contributed by atoms with E-state index < -0.39 is 5.97 Å². The van der Waals surface area contributed by atoms with Crippen LogP contribution in [-0.4, -0.2) is 23.0 Å². The van der Waals surface area contributed by atoms with Crippen molar-refractivity contribution in [1.29, 1.82) is 0 Å². The first kappa shape index (κ1) is 11.0. The number of hydrogen-bond acceptors (Lipinski definition) is 2. The summed E-state index contributed by atoms with van der Waals surface area (Å²) < 4.78 is 0. The molecule has 14 heavy (non-hydrogen) atoms. The average Bonchev–Trinajstić information content (AvgIpc) is 2.01. The molecule has 1 rings (SSSR count). The lowest BCUT2D eigenvalue weighted by Gasteiger charge is -2.51. The van der Waals surface area contributed by atoms with Gasteiger partial charge in [-0.05, 0) is 17.8 Å². The molecular weight excluding hydrogens is 182 g/mol. The maximum absolute atomic E-state index is 10.8. The highest BCUT2D eigenvalue weighted by atomic mass is 16.4. The highest BCUT2D eigenvalue weighted by Gasteiger charge is 2.48. The highest BCUT2D eigenvalue weighted by Crippen LogP contribution is 2.47. The van der Waals surface area contributed by atoms with Gasteiger partial charge in [0.25, 0.3) is 0 Å². The Kier molecular flexibility index (Phi) is 2.83. The van der Waals surface area contributed by atoms with E-state index in [0.717, 1.165) is 6.42 Å². The molecule has 0 aromatic carbocycles. The Morgan fingerprint density at radius 3 is 2.43 bits per heavy atom. The Bertz CT molecular complexity index is 236. The van der Waals surface area contributed by atoms with Gasteiger partial charge in [0, 0.05) is 19.4 Å². The minimum Gasteiger partial charge on any atom is -0.481 e. The van der Waals surface area contributed by atoms with Crippen LogP contribution in [0.25, 0.3) is 0 Å². The Hall–Kier alpha value is -1.06. The lowest BCUT2D eigenvalue weighted by molar-refractivity contribution is -0.142. The Balaban J connectivity index is 2.50. The van der Waals surface area contributed by atoms with Gasteiger partial charge in [-0.15, -0.1) is 0 Å². The second kappa shape index (κ2) is 3.59. The molecule has 0 aliphatic heterocycles. The molecule has 4 nitrogen and oxygen atoms in total. The van der Waals surface area contributed by atoms with E-state index >= 15 is 0 Å². The Morgan fingerprint density at radius 2 is 2.07 bits per heavy atom. The zero-order valence-corrected chi connectivity index (χ0v) is 8.83. The van der Waals surface area contributed by atoms with Crippen LogP contribution in [0.1, 0.15) is 33.6 Å². The van der Waals surface area contributed by atoms with Crippen molar-refractivity contribution in [3.8, 4) is 0 Å². The molecule has 0 heterocycles. The van der Waals surface area contributed by atoms with Crippen LogP contribution in [0.15, 0.2) is 0 Å². The maximum Gasteiger partial charge on any atom is 0.303 e. The number of hydrogen-bond donors (Lipinski definition) is 2. The van der Waals surface area contributed by atoms with E-state index in [2.05, 4.69) is 5.32 Å². The van der Waals surface area contributed by atoms with Gasteiger partial charge in [-0.25, -0.2) is 0 Å². The number of carboxylic acids is 1.